The molecule has 2 aliphatic rings. The number of hydrogen-bond acceptors (Lipinski definition) is 0. The van der Waals surface area contributed by atoms with Crippen LogP contribution >= 0.6 is 0 Å². The average molecular weight is 364 g/mol. The summed E-state index contributed by atoms with van der Waals surface area (Å²) < 4.78 is 40.0. The average Bonchev–Trinajstić information content (AvgIpc) is 2.66. The van der Waals surface area contributed by atoms with Crippen molar-refractivity contribution in [3.05, 3.63) is 47.3 Å². The maximum atomic E-state index is 13.4. The van der Waals surface area contributed by atoms with E-state index in [0.29, 0.717) is 11.5 Å². The Morgan fingerprint density at radius 2 is 1.31 bits per heavy atom. The quantitative estimate of drug-likeness (QED) is 0.374. The Morgan fingerprint density at radius 3 is 1.81 bits per heavy atom. The van der Waals surface area contributed by atoms with Crippen molar-refractivity contribution < 1.29 is 13.2 Å². The van der Waals surface area contributed by atoms with E-state index in [1.165, 1.54) is 50.7 Å². The van der Waals surface area contributed by atoms with Gasteiger partial charge in [0.05, 0.1) is 0 Å². The maximum absolute atomic E-state index is 13.4. The van der Waals surface area contributed by atoms with Crippen LogP contribution in [0.25, 0.3) is 0 Å². The molecule has 144 valence electrons. The Labute approximate surface area is 155 Å². The third-order valence-corrected chi connectivity index (χ3v) is 6.49. The van der Waals surface area contributed by atoms with Gasteiger partial charge < -0.3 is 0 Å². The van der Waals surface area contributed by atoms with Crippen LogP contribution in [-0.2, 0) is 0 Å². The zero-order chi connectivity index (χ0) is 18.5. The summed E-state index contributed by atoms with van der Waals surface area (Å²) in [5.74, 6) is -1.10. The number of allylic oxidation sites excluding steroid dienone is 2. The molecule has 0 amide bonds. The lowest BCUT2D eigenvalue weighted by molar-refractivity contribution is 0.292. The molecule has 0 radical (unpaired) electrons. The molecule has 1 aromatic rings. The maximum Gasteiger partial charge on any atom is 0.194 e. The largest absolute Gasteiger partial charge is 0.204 e. The zero-order valence-corrected chi connectivity index (χ0v) is 15.8. The Bertz CT molecular complexity index is 583. The van der Waals surface area contributed by atoms with Gasteiger partial charge in [0.1, 0.15) is 0 Å². The predicted molar refractivity (Wildman–Crippen MR) is 101 cm³/mol. The standard InChI is InChI=1S/C23H31F3/c1-2-3-16-4-6-17(7-5-16)8-9-18-10-12-19(13-11-18)20-14-21(24)23(26)22(25)15-20/h8-9,14-19H,2-7,10-13H2,1H3/b9-8+/t16-,17-,18-,19-. The first-order valence-corrected chi connectivity index (χ1v) is 10.4. The molecular weight excluding hydrogens is 333 g/mol. The van der Waals surface area contributed by atoms with Crippen molar-refractivity contribution in [2.24, 2.45) is 17.8 Å². The fourth-order valence-electron chi connectivity index (χ4n) is 4.85. The Morgan fingerprint density at radius 1 is 0.808 bits per heavy atom. The topological polar surface area (TPSA) is 0 Å². The van der Waals surface area contributed by atoms with E-state index in [9.17, 15) is 13.2 Å². The van der Waals surface area contributed by atoms with Crippen molar-refractivity contribution in [1.29, 1.82) is 0 Å². The molecule has 3 rings (SSSR count). The molecular formula is C23H31F3. The lowest BCUT2D eigenvalue weighted by Gasteiger charge is -2.29. The van der Waals surface area contributed by atoms with E-state index < -0.39 is 17.5 Å². The first kappa shape index (κ1) is 19.5. The third kappa shape index (κ3) is 4.92. The van der Waals surface area contributed by atoms with E-state index in [2.05, 4.69) is 19.1 Å². The van der Waals surface area contributed by atoms with E-state index >= 15 is 0 Å². The second kappa shape index (κ2) is 9.10. The van der Waals surface area contributed by atoms with E-state index in [1.807, 2.05) is 0 Å². The van der Waals surface area contributed by atoms with Gasteiger partial charge in [-0.3, -0.25) is 0 Å². The van der Waals surface area contributed by atoms with Crippen LogP contribution in [-0.4, -0.2) is 0 Å². The van der Waals surface area contributed by atoms with Crippen molar-refractivity contribution in [2.45, 2.75) is 77.0 Å². The van der Waals surface area contributed by atoms with Crippen LogP contribution in [0.15, 0.2) is 24.3 Å². The molecule has 26 heavy (non-hydrogen) atoms. The second-order valence-electron chi connectivity index (χ2n) is 8.36. The van der Waals surface area contributed by atoms with Crippen molar-refractivity contribution in [3.8, 4) is 0 Å². The van der Waals surface area contributed by atoms with Crippen molar-refractivity contribution in [3.63, 3.8) is 0 Å². The molecule has 3 heteroatoms. The summed E-state index contributed by atoms with van der Waals surface area (Å²) in [5, 5.41) is 0. The minimum absolute atomic E-state index is 0.147. The summed E-state index contributed by atoms with van der Waals surface area (Å²) in [6, 6.07) is 2.35. The number of hydrogen-bond donors (Lipinski definition) is 0. The number of rotatable bonds is 5. The van der Waals surface area contributed by atoms with Gasteiger partial charge >= 0.3 is 0 Å². The van der Waals surface area contributed by atoms with Crippen molar-refractivity contribution in [1.82, 2.24) is 0 Å². The monoisotopic (exact) mass is 364 g/mol. The highest BCUT2D eigenvalue weighted by Crippen LogP contribution is 2.38. The van der Waals surface area contributed by atoms with Crippen LogP contribution in [0.1, 0.15) is 82.6 Å². The van der Waals surface area contributed by atoms with Gasteiger partial charge in [-0.15, -0.1) is 0 Å². The predicted octanol–water partition coefficient (Wildman–Crippen LogP) is 7.54. The van der Waals surface area contributed by atoms with Crippen molar-refractivity contribution in [2.75, 3.05) is 0 Å². The first-order valence-electron chi connectivity index (χ1n) is 10.4. The minimum atomic E-state index is -1.36. The normalized spacial score (nSPS) is 30.0. The zero-order valence-electron chi connectivity index (χ0n) is 15.8. The molecule has 0 heterocycles. The second-order valence-corrected chi connectivity index (χ2v) is 8.36. The molecule has 0 aliphatic heterocycles. The molecule has 2 saturated carbocycles. The summed E-state index contributed by atoms with van der Waals surface area (Å²) in [6.07, 6.45) is 16.8. The summed E-state index contributed by atoms with van der Waals surface area (Å²) in [7, 11) is 0. The van der Waals surface area contributed by atoms with Crippen LogP contribution in [0.5, 0.6) is 0 Å². The first-order chi connectivity index (χ1) is 12.6. The van der Waals surface area contributed by atoms with Crippen LogP contribution < -0.4 is 0 Å². The van der Waals surface area contributed by atoms with Crippen LogP contribution in [0.4, 0.5) is 13.2 Å². The van der Waals surface area contributed by atoms with Gasteiger partial charge in [-0.05, 0) is 92.7 Å². The van der Waals surface area contributed by atoms with Gasteiger partial charge in [-0.25, -0.2) is 13.2 Å². The van der Waals surface area contributed by atoms with Gasteiger partial charge in [0.15, 0.2) is 17.5 Å². The van der Waals surface area contributed by atoms with Crippen LogP contribution in [0, 0.1) is 35.2 Å². The molecule has 2 aliphatic carbocycles. The third-order valence-electron chi connectivity index (χ3n) is 6.49. The molecule has 2 fully saturated rings. The van der Waals surface area contributed by atoms with Gasteiger partial charge in [0, 0.05) is 0 Å². The lowest BCUT2D eigenvalue weighted by atomic mass is 9.77. The van der Waals surface area contributed by atoms with Gasteiger partial charge in [-0.2, -0.15) is 0 Å². The summed E-state index contributed by atoms with van der Waals surface area (Å²) in [5.41, 5.74) is 0.609. The fourth-order valence-corrected chi connectivity index (χ4v) is 4.85. The van der Waals surface area contributed by atoms with Gasteiger partial charge in [0.25, 0.3) is 0 Å². The summed E-state index contributed by atoms with van der Waals surface area (Å²) >= 11 is 0. The number of halogens is 3. The molecule has 0 spiro atoms. The highest BCUT2D eigenvalue weighted by atomic mass is 19.2. The Balaban J connectivity index is 1.47. The number of benzene rings is 1. The summed E-state index contributed by atoms with van der Waals surface area (Å²) in [4.78, 5) is 0. The Hall–Kier alpha value is -1.25. The lowest BCUT2D eigenvalue weighted by Crippen LogP contribution is -2.15. The molecule has 0 aromatic heterocycles. The molecule has 0 nitrogen and oxygen atoms in total. The molecule has 0 bridgehead atoms. The van der Waals surface area contributed by atoms with Gasteiger partial charge in [0.2, 0.25) is 0 Å². The SMILES string of the molecule is CCC[C@H]1CC[C@H](/C=C/[C@H]2CC[C@H](c3cc(F)c(F)c(F)c3)CC2)CC1. The highest BCUT2D eigenvalue weighted by Gasteiger charge is 2.24. The summed E-state index contributed by atoms with van der Waals surface area (Å²) in [6.45, 7) is 2.27. The smallest absolute Gasteiger partial charge is 0.194 e. The van der Waals surface area contributed by atoms with Crippen molar-refractivity contribution >= 4 is 0 Å². The van der Waals surface area contributed by atoms with E-state index in [-0.39, 0.29) is 5.92 Å². The van der Waals surface area contributed by atoms with Crippen LogP contribution in [0.2, 0.25) is 0 Å². The molecule has 0 N–H and O–H groups in total. The molecule has 1 aromatic carbocycles. The van der Waals surface area contributed by atoms with Crippen LogP contribution in [0.3, 0.4) is 0 Å². The highest BCUT2D eigenvalue weighted by molar-refractivity contribution is 5.23. The van der Waals surface area contributed by atoms with E-state index in [0.717, 1.165) is 37.5 Å². The van der Waals surface area contributed by atoms with E-state index in [1.54, 1.807) is 0 Å². The molecule has 0 saturated heterocycles. The Kier molecular flexibility index (Phi) is 6.83. The molecule has 0 unspecified atom stereocenters. The minimum Gasteiger partial charge on any atom is -0.204 e. The molecule has 0 atom stereocenters. The van der Waals surface area contributed by atoms with E-state index in [4.69, 9.17) is 0 Å². The fraction of sp³-hybridized carbons (Fsp3) is 0.652. The van der Waals surface area contributed by atoms with Gasteiger partial charge in [-0.1, -0.05) is 31.9 Å².